The summed E-state index contributed by atoms with van der Waals surface area (Å²) in [6.45, 7) is 0.0673. The van der Waals surface area contributed by atoms with Crippen molar-refractivity contribution in [1.82, 2.24) is 9.71 Å². The number of nitrogens with one attached hydrogen (secondary N) is 1. The van der Waals surface area contributed by atoms with E-state index in [4.69, 9.17) is 0 Å². The fraction of sp³-hybridized carbons (Fsp3) is 0.125. The fourth-order valence-electron chi connectivity index (χ4n) is 2.24. The molecule has 130 valence electrons. The largest absolute Gasteiger partial charge is 0.465 e. The van der Waals surface area contributed by atoms with Crippen molar-refractivity contribution in [2.45, 2.75) is 11.4 Å². The summed E-state index contributed by atoms with van der Waals surface area (Å²) in [6, 6.07) is 6.89. The second-order valence-electron chi connectivity index (χ2n) is 4.95. The molecule has 0 aliphatic rings. The Morgan fingerprint density at radius 2 is 2.12 bits per heavy atom. The van der Waals surface area contributed by atoms with E-state index in [1.165, 1.54) is 13.2 Å². The highest BCUT2D eigenvalue weighted by molar-refractivity contribution is 7.89. The number of rotatable bonds is 6. The fourth-order valence-corrected chi connectivity index (χ4v) is 5.22. The van der Waals surface area contributed by atoms with Gasteiger partial charge in [-0.2, -0.15) is 11.3 Å². The molecule has 0 bridgehead atoms. The highest BCUT2D eigenvalue weighted by Gasteiger charge is 2.24. The Morgan fingerprint density at radius 3 is 2.84 bits per heavy atom. The van der Waals surface area contributed by atoms with E-state index >= 15 is 0 Å². The molecule has 0 radical (unpaired) electrons. The van der Waals surface area contributed by atoms with Gasteiger partial charge < -0.3 is 4.74 Å². The van der Waals surface area contributed by atoms with Gasteiger partial charge in [-0.1, -0.05) is 6.07 Å². The number of pyridine rings is 1. The van der Waals surface area contributed by atoms with Gasteiger partial charge >= 0.3 is 5.97 Å². The van der Waals surface area contributed by atoms with Gasteiger partial charge in [0.2, 0.25) is 10.0 Å². The molecule has 1 N–H and O–H groups in total. The molecule has 0 atom stereocenters. The lowest BCUT2D eigenvalue weighted by molar-refractivity contribution is 0.0602. The predicted molar refractivity (Wildman–Crippen MR) is 97.2 cm³/mol. The van der Waals surface area contributed by atoms with Gasteiger partial charge in [0.25, 0.3) is 0 Å². The minimum Gasteiger partial charge on any atom is -0.465 e. The maximum Gasteiger partial charge on any atom is 0.349 e. The van der Waals surface area contributed by atoms with E-state index < -0.39 is 16.0 Å². The van der Waals surface area contributed by atoms with Gasteiger partial charge in [0.15, 0.2) is 0 Å². The zero-order valence-corrected chi connectivity index (χ0v) is 15.6. The van der Waals surface area contributed by atoms with Crippen LogP contribution < -0.4 is 4.72 Å². The molecule has 0 saturated heterocycles. The van der Waals surface area contributed by atoms with Crippen LogP contribution in [-0.4, -0.2) is 26.5 Å². The average molecular weight is 394 g/mol. The van der Waals surface area contributed by atoms with Gasteiger partial charge in [-0.3, -0.25) is 4.98 Å². The van der Waals surface area contributed by atoms with Gasteiger partial charge in [0, 0.05) is 23.7 Å². The monoisotopic (exact) mass is 394 g/mol. The van der Waals surface area contributed by atoms with Crippen LogP contribution in [0.5, 0.6) is 0 Å². The zero-order chi connectivity index (χ0) is 17.9. The van der Waals surface area contributed by atoms with Crippen LogP contribution in [0.15, 0.2) is 51.5 Å². The molecule has 0 saturated carbocycles. The minimum atomic E-state index is -3.85. The highest BCUT2D eigenvalue weighted by atomic mass is 32.2. The molecule has 25 heavy (non-hydrogen) atoms. The molecular formula is C16H14N2O4S3. The van der Waals surface area contributed by atoms with Crippen molar-refractivity contribution in [2.24, 2.45) is 0 Å². The predicted octanol–water partition coefficient (Wildman–Crippen LogP) is 3.14. The number of aromatic nitrogens is 1. The number of nitrogens with zero attached hydrogens (tertiary/aromatic N) is 1. The lowest BCUT2D eigenvalue weighted by Crippen LogP contribution is -2.24. The lowest BCUT2D eigenvalue weighted by atomic mass is 10.1. The van der Waals surface area contributed by atoms with Crippen molar-refractivity contribution in [3.63, 3.8) is 0 Å². The van der Waals surface area contributed by atoms with Crippen LogP contribution in [0.25, 0.3) is 11.3 Å². The molecule has 3 heterocycles. The Kier molecular flexibility index (Phi) is 5.28. The number of hydrogen-bond acceptors (Lipinski definition) is 7. The zero-order valence-electron chi connectivity index (χ0n) is 13.1. The standard InChI is InChI=1S/C16H14N2O4S3/c1-22-16(19)15-13(5-8-24-15)25(20,21)18-9-11-3-2-6-17-14(11)12-4-7-23-10-12/h2-8,10,18H,9H2,1H3. The van der Waals surface area contributed by atoms with Crippen LogP contribution in [-0.2, 0) is 21.3 Å². The summed E-state index contributed by atoms with van der Waals surface area (Å²) in [5, 5.41) is 5.43. The Balaban J connectivity index is 1.85. The molecule has 3 aromatic rings. The van der Waals surface area contributed by atoms with Crippen LogP contribution in [0.2, 0.25) is 0 Å². The van der Waals surface area contributed by atoms with Gasteiger partial charge in [-0.15, -0.1) is 11.3 Å². The van der Waals surface area contributed by atoms with E-state index in [0.717, 1.165) is 28.2 Å². The van der Waals surface area contributed by atoms with E-state index in [2.05, 4.69) is 14.4 Å². The summed E-state index contributed by atoms with van der Waals surface area (Å²) < 4.78 is 32.3. The van der Waals surface area contributed by atoms with E-state index in [9.17, 15) is 13.2 Å². The normalized spacial score (nSPS) is 11.4. The number of carbonyl (C=O) groups excluding carboxylic acids is 1. The van der Waals surface area contributed by atoms with Crippen molar-refractivity contribution < 1.29 is 17.9 Å². The lowest BCUT2D eigenvalue weighted by Gasteiger charge is -2.10. The molecule has 0 unspecified atom stereocenters. The first-order valence-electron chi connectivity index (χ1n) is 7.15. The smallest absolute Gasteiger partial charge is 0.349 e. The first-order valence-corrected chi connectivity index (χ1v) is 10.5. The molecule has 6 nitrogen and oxygen atoms in total. The first-order chi connectivity index (χ1) is 12.0. The summed E-state index contributed by atoms with van der Waals surface area (Å²) >= 11 is 2.57. The summed E-state index contributed by atoms with van der Waals surface area (Å²) in [5.74, 6) is -0.671. The Hall–Kier alpha value is -2.07. The van der Waals surface area contributed by atoms with Crippen LogP contribution in [0.3, 0.4) is 0 Å². The molecule has 0 spiro atoms. The number of thiophene rings is 2. The molecule has 0 aliphatic carbocycles. The second-order valence-corrected chi connectivity index (χ2v) is 8.38. The Labute approximate surface area is 153 Å². The number of hydrogen-bond donors (Lipinski definition) is 1. The molecule has 0 fully saturated rings. The SMILES string of the molecule is COC(=O)c1sccc1S(=O)(=O)NCc1cccnc1-c1ccsc1. The third-order valence-electron chi connectivity index (χ3n) is 3.43. The van der Waals surface area contributed by atoms with E-state index in [1.807, 2.05) is 22.9 Å². The van der Waals surface area contributed by atoms with Crippen LogP contribution in [0, 0.1) is 0 Å². The summed E-state index contributed by atoms with van der Waals surface area (Å²) in [5.41, 5.74) is 2.41. The van der Waals surface area contributed by atoms with Crippen molar-refractivity contribution in [2.75, 3.05) is 7.11 Å². The number of sulfonamides is 1. The van der Waals surface area contributed by atoms with Crippen molar-refractivity contribution in [3.8, 4) is 11.3 Å². The van der Waals surface area contributed by atoms with E-state index in [0.29, 0.717) is 0 Å². The summed E-state index contributed by atoms with van der Waals surface area (Å²) in [4.78, 5) is 16.0. The molecule has 3 rings (SSSR count). The molecule has 0 amide bonds. The summed E-state index contributed by atoms with van der Waals surface area (Å²) in [7, 11) is -2.64. The maximum absolute atomic E-state index is 12.6. The molecular weight excluding hydrogens is 380 g/mol. The Morgan fingerprint density at radius 1 is 1.28 bits per heavy atom. The van der Waals surface area contributed by atoms with Gasteiger partial charge in [-0.25, -0.2) is 17.9 Å². The number of carbonyl (C=O) groups is 1. The van der Waals surface area contributed by atoms with Crippen molar-refractivity contribution >= 4 is 38.7 Å². The van der Waals surface area contributed by atoms with Crippen LogP contribution in [0.4, 0.5) is 0 Å². The minimum absolute atomic E-state index is 0.0549. The summed E-state index contributed by atoms with van der Waals surface area (Å²) in [6.07, 6.45) is 1.67. The molecule has 0 aromatic carbocycles. The van der Waals surface area contributed by atoms with Crippen molar-refractivity contribution in [1.29, 1.82) is 0 Å². The number of ether oxygens (including phenoxy) is 1. The van der Waals surface area contributed by atoms with Crippen LogP contribution in [0.1, 0.15) is 15.2 Å². The first kappa shape index (κ1) is 17.7. The van der Waals surface area contributed by atoms with E-state index in [1.54, 1.807) is 29.0 Å². The molecule has 9 heteroatoms. The highest BCUT2D eigenvalue weighted by Crippen LogP contribution is 2.25. The molecule has 3 aromatic heterocycles. The topological polar surface area (TPSA) is 85.4 Å². The quantitative estimate of drug-likeness (QED) is 0.649. The third kappa shape index (κ3) is 3.79. The van der Waals surface area contributed by atoms with Gasteiger partial charge in [0.1, 0.15) is 9.77 Å². The number of esters is 1. The van der Waals surface area contributed by atoms with Crippen LogP contribution >= 0.6 is 22.7 Å². The van der Waals surface area contributed by atoms with Gasteiger partial charge in [-0.05, 0) is 34.5 Å². The van der Waals surface area contributed by atoms with Crippen molar-refractivity contribution in [3.05, 3.63) is 57.0 Å². The van der Waals surface area contributed by atoms with E-state index in [-0.39, 0.29) is 16.3 Å². The van der Waals surface area contributed by atoms with Gasteiger partial charge in [0.05, 0.1) is 12.8 Å². The Bertz CT molecular complexity index is 978. The molecule has 0 aliphatic heterocycles. The maximum atomic E-state index is 12.6. The second kappa shape index (κ2) is 7.44. The third-order valence-corrected chi connectivity index (χ3v) is 6.58. The average Bonchev–Trinajstić information content (AvgIpc) is 3.31. The number of methoxy groups -OCH3 is 1.